The quantitative estimate of drug-likeness (QED) is 0.714. The summed E-state index contributed by atoms with van der Waals surface area (Å²) in [5, 5.41) is 6.29. The molecule has 1 saturated heterocycles. The van der Waals surface area contributed by atoms with Crippen molar-refractivity contribution in [2.24, 2.45) is 5.92 Å². The molecule has 0 aromatic carbocycles. The summed E-state index contributed by atoms with van der Waals surface area (Å²) in [6.07, 6.45) is 4.97. The van der Waals surface area contributed by atoms with Gasteiger partial charge in [-0.05, 0) is 51.6 Å². The second-order valence-corrected chi connectivity index (χ2v) is 4.37. The number of amides is 1. The maximum atomic E-state index is 10.8. The molecule has 1 aliphatic rings. The Kier molecular flexibility index (Phi) is 4.94. The van der Waals surface area contributed by atoms with Gasteiger partial charge in [0.05, 0.1) is 0 Å². The van der Waals surface area contributed by atoms with Crippen molar-refractivity contribution >= 4 is 5.91 Å². The van der Waals surface area contributed by atoms with E-state index in [0.29, 0.717) is 6.04 Å². The third-order valence-electron chi connectivity index (χ3n) is 2.92. The minimum Gasteiger partial charge on any atom is -0.354 e. The highest BCUT2D eigenvalue weighted by Crippen LogP contribution is 2.18. The van der Waals surface area contributed by atoms with Crippen molar-refractivity contribution in [2.45, 2.75) is 45.6 Å². The zero-order valence-electron chi connectivity index (χ0n) is 9.31. The van der Waals surface area contributed by atoms with Crippen molar-refractivity contribution in [3.8, 4) is 0 Å². The average molecular weight is 198 g/mol. The monoisotopic (exact) mass is 198 g/mol. The van der Waals surface area contributed by atoms with Gasteiger partial charge in [-0.15, -0.1) is 0 Å². The molecular formula is C11H22N2O. The van der Waals surface area contributed by atoms with Crippen LogP contribution in [0.4, 0.5) is 0 Å². The van der Waals surface area contributed by atoms with Crippen molar-refractivity contribution in [3.05, 3.63) is 0 Å². The molecule has 1 unspecified atom stereocenters. The van der Waals surface area contributed by atoms with Gasteiger partial charge in [0.25, 0.3) is 0 Å². The summed E-state index contributed by atoms with van der Waals surface area (Å²) in [5.41, 5.74) is 0. The number of nitrogens with one attached hydrogen (secondary N) is 2. The van der Waals surface area contributed by atoms with Crippen LogP contribution in [0.2, 0.25) is 0 Å². The van der Waals surface area contributed by atoms with Crippen molar-refractivity contribution in [3.63, 3.8) is 0 Å². The maximum absolute atomic E-state index is 10.8. The number of hydrogen-bond donors (Lipinski definition) is 2. The Hall–Kier alpha value is -0.570. The van der Waals surface area contributed by atoms with Gasteiger partial charge in [0, 0.05) is 13.0 Å². The molecule has 2 N–H and O–H groups in total. The SMILES string of the molecule is CC(=O)NC(C)CCC1CCNCC1. The second-order valence-electron chi connectivity index (χ2n) is 4.37. The molecule has 3 heteroatoms. The molecule has 0 bridgehead atoms. The highest BCUT2D eigenvalue weighted by Gasteiger charge is 2.14. The van der Waals surface area contributed by atoms with E-state index >= 15 is 0 Å². The molecule has 1 fully saturated rings. The van der Waals surface area contributed by atoms with Crippen LogP contribution in [0.5, 0.6) is 0 Å². The first-order chi connectivity index (χ1) is 6.68. The molecule has 0 saturated carbocycles. The number of carbonyl (C=O) groups excluding carboxylic acids is 1. The first-order valence-electron chi connectivity index (χ1n) is 5.66. The Morgan fingerprint density at radius 2 is 2.14 bits per heavy atom. The van der Waals surface area contributed by atoms with Crippen molar-refractivity contribution in [1.29, 1.82) is 0 Å². The summed E-state index contributed by atoms with van der Waals surface area (Å²) in [6.45, 7) is 6.00. The third kappa shape index (κ3) is 4.61. The molecule has 1 amide bonds. The molecule has 1 aliphatic heterocycles. The van der Waals surface area contributed by atoms with Crippen LogP contribution in [0.15, 0.2) is 0 Å². The van der Waals surface area contributed by atoms with Crippen LogP contribution in [0.3, 0.4) is 0 Å². The molecule has 0 aromatic rings. The highest BCUT2D eigenvalue weighted by molar-refractivity contribution is 5.73. The summed E-state index contributed by atoms with van der Waals surface area (Å²) < 4.78 is 0. The fourth-order valence-corrected chi connectivity index (χ4v) is 2.08. The number of carbonyl (C=O) groups is 1. The summed E-state index contributed by atoms with van der Waals surface area (Å²) >= 11 is 0. The smallest absolute Gasteiger partial charge is 0.217 e. The predicted molar refractivity (Wildman–Crippen MR) is 58.1 cm³/mol. The van der Waals surface area contributed by atoms with Gasteiger partial charge in [-0.3, -0.25) is 4.79 Å². The Morgan fingerprint density at radius 1 is 1.50 bits per heavy atom. The second kappa shape index (κ2) is 6.02. The molecule has 0 aliphatic carbocycles. The third-order valence-corrected chi connectivity index (χ3v) is 2.92. The maximum Gasteiger partial charge on any atom is 0.217 e. The van der Waals surface area contributed by atoms with Gasteiger partial charge >= 0.3 is 0 Å². The molecule has 1 heterocycles. The summed E-state index contributed by atoms with van der Waals surface area (Å²) in [5.74, 6) is 0.954. The normalized spacial score (nSPS) is 20.4. The largest absolute Gasteiger partial charge is 0.354 e. The van der Waals surface area contributed by atoms with Gasteiger partial charge < -0.3 is 10.6 Å². The van der Waals surface area contributed by atoms with Crippen LogP contribution < -0.4 is 10.6 Å². The van der Waals surface area contributed by atoms with Crippen molar-refractivity contribution < 1.29 is 4.79 Å². The van der Waals surface area contributed by atoms with E-state index in [4.69, 9.17) is 0 Å². The van der Waals surface area contributed by atoms with Crippen molar-refractivity contribution in [1.82, 2.24) is 10.6 Å². The molecule has 3 nitrogen and oxygen atoms in total. The molecular weight excluding hydrogens is 176 g/mol. The van der Waals surface area contributed by atoms with Crippen LogP contribution in [0.25, 0.3) is 0 Å². The van der Waals surface area contributed by atoms with Gasteiger partial charge in [-0.2, -0.15) is 0 Å². The lowest BCUT2D eigenvalue weighted by molar-refractivity contribution is -0.119. The zero-order valence-corrected chi connectivity index (χ0v) is 9.31. The first kappa shape index (κ1) is 11.5. The lowest BCUT2D eigenvalue weighted by Crippen LogP contribution is -2.32. The fourth-order valence-electron chi connectivity index (χ4n) is 2.08. The minimum absolute atomic E-state index is 0.0859. The molecule has 0 aromatic heterocycles. The lowest BCUT2D eigenvalue weighted by atomic mass is 9.92. The van der Waals surface area contributed by atoms with Crippen LogP contribution in [-0.2, 0) is 4.79 Å². The van der Waals surface area contributed by atoms with Crippen LogP contribution in [0, 0.1) is 5.92 Å². The Balaban J connectivity index is 2.09. The van der Waals surface area contributed by atoms with E-state index in [2.05, 4.69) is 17.6 Å². The summed E-state index contributed by atoms with van der Waals surface area (Å²) in [6, 6.07) is 0.336. The summed E-state index contributed by atoms with van der Waals surface area (Å²) in [7, 11) is 0. The number of hydrogen-bond acceptors (Lipinski definition) is 2. The van der Waals surface area contributed by atoms with Gasteiger partial charge in [-0.25, -0.2) is 0 Å². The standard InChI is InChI=1S/C11H22N2O/c1-9(13-10(2)14)3-4-11-5-7-12-8-6-11/h9,11-12H,3-8H2,1-2H3,(H,13,14). The average Bonchev–Trinajstić information content (AvgIpc) is 2.15. The molecule has 1 rings (SSSR count). The Morgan fingerprint density at radius 3 is 2.71 bits per heavy atom. The van der Waals surface area contributed by atoms with E-state index in [1.807, 2.05) is 0 Å². The van der Waals surface area contributed by atoms with E-state index in [1.165, 1.54) is 32.4 Å². The van der Waals surface area contributed by atoms with Crippen molar-refractivity contribution in [2.75, 3.05) is 13.1 Å². The Bertz CT molecular complexity index is 176. The lowest BCUT2D eigenvalue weighted by Gasteiger charge is -2.23. The van der Waals surface area contributed by atoms with Crippen LogP contribution in [-0.4, -0.2) is 25.0 Å². The number of piperidine rings is 1. The van der Waals surface area contributed by atoms with E-state index in [-0.39, 0.29) is 5.91 Å². The van der Waals surface area contributed by atoms with Gasteiger partial charge in [0.1, 0.15) is 0 Å². The number of rotatable bonds is 4. The highest BCUT2D eigenvalue weighted by atomic mass is 16.1. The summed E-state index contributed by atoms with van der Waals surface area (Å²) in [4.78, 5) is 10.8. The van der Waals surface area contributed by atoms with Gasteiger partial charge in [0.15, 0.2) is 0 Å². The zero-order chi connectivity index (χ0) is 10.4. The van der Waals surface area contributed by atoms with E-state index < -0.39 is 0 Å². The fraction of sp³-hybridized carbons (Fsp3) is 0.909. The van der Waals surface area contributed by atoms with E-state index in [9.17, 15) is 4.79 Å². The molecule has 1 atom stereocenters. The predicted octanol–water partition coefficient (Wildman–Crippen LogP) is 1.29. The van der Waals surface area contributed by atoms with Gasteiger partial charge in [0.2, 0.25) is 5.91 Å². The molecule has 0 radical (unpaired) electrons. The van der Waals surface area contributed by atoms with E-state index in [0.717, 1.165) is 12.3 Å². The molecule has 82 valence electrons. The van der Waals surface area contributed by atoms with E-state index in [1.54, 1.807) is 6.92 Å². The Labute approximate surface area is 86.6 Å². The van der Waals surface area contributed by atoms with Crippen LogP contribution >= 0.6 is 0 Å². The molecule has 14 heavy (non-hydrogen) atoms. The minimum atomic E-state index is 0.0859. The van der Waals surface area contributed by atoms with Crippen LogP contribution in [0.1, 0.15) is 39.5 Å². The van der Waals surface area contributed by atoms with Gasteiger partial charge in [-0.1, -0.05) is 0 Å². The molecule has 0 spiro atoms. The first-order valence-corrected chi connectivity index (χ1v) is 5.66. The topological polar surface area (TPSA) is 41.1 Å².